The number of para-hydroxylation sites is 1. The van der Waals surface area contributed by atoms with E-state index in [1.165, 1.54) is 0 Å². The van der Waals surface area contributed by atoms with Crippen LogP contribution in [0.1, 0.15) is 32.3 Å². The first-order chi connectivity index (χ1) is 8.20. The van der Waals surface area contributed by atoms with Crippen molar-refractivity contribution in [1.82, 2.24) is 0 Å². The van der Waals surface area contributed by atoms with Crippen LogP contribution >= 0.6 is 0 Å². The molecule has 1 aromatic carbocycles. The Labute approximate surface area is 101 Å². The summed E-state index contributed by atoms with van der Waals surface area (Å²) in [5.74, 6) is 0.126. The normalized spacial score (nSPS) is 17.3. The molecule has 1 amide bonds. The molecule has 0 aliphatic carbocycles. The molecular formula is C14H17NO2. The number of allylic oxidation sites excluding steroid dienone is 1. The minimum atomic E-state index is -0.0837. The molecule has 1 aromatic rings. The summed E-state index contributed by atoms with van der Waals surface area (Å²) >= 11 is 0. The van der Waals surface area contributed by atoms with E-state index in [0.29, 0.717) is 18.5 Å². The van der Waals surface area contributed by atoms with Crippen LogP contribution in [0.25, 0.3) is 5.57 Å². The summed E-state index contributed by atoms with van der Waals surface area (Å²) in [6.45, 7) is 4.55. The third-order valence-electron chi connectivity index (χ3n) is 3.01. The van der Waals surface area contributed by atoms with Crippen LogP contribution in [-0.2, 0) is 4.79 Å². The summed E-state index contributed by atoms with van der Waals surface area (Å²) in [5, 5.41) is 10.0. The molecule has 0 saturated carbocycles. The lowest BCUT2D eigenvalue weighted by molar-refractivity contribution is -0.113. The summed E-state index contributed by atoms with van der Waals surface area (Å²) < 4.78 is 0. The van der Waals surface area contributed by atoms with E-state index in [2.05, 4.69) is 0 Å². The van der Waals surface area contributed by atoms with Gasteiger partial charge in [0, 0.05) is 18.5 Å². The van der Waals surface area contributed by atoms with Crippen molar-refractivity contribution in [3.05, 3.63) is 35.6 Å². The largest absolute Gasteiger partial charge is 0.511 e. The van der Waals surface area contributed by atoms with Gasteiger partial charge in [0.2, 0.25) is 0 Å². The van der Waals surface area contributed by atoms with Gasteiger partial charge in [-0.1, -0.05) is 25.1 Å². The molecule has 1 heterocycles. The number of rotatable bonds is 3. The lowest BCUT2D eigenvalue weighted by Gasteiger charge is -2.13. The lowest BCUT2D eigenvalue weighted by Crippen LogP contribution is -2.26. The van der Waals surface area contributed by atoms with Crippen molar-refractivity contribution in [1.29, 1.82) is 0 Å². The second-order valence-electron chi connectivity index (χ2n) is 4.14. The first kappa shape index (κ1) is 11.7. The molecule has 0 spiro atoms. The van der Waals surface area contributed by atoms with Crippen molar-refractivity contribution in [2.45, 2.75) is 26.7 Å². The zero-order valence-corrected chi connectivity index (χ0v) is 10.2. The van der Waals surface area contributed by atoms with Crippen molar-refractivity contribution in [2.75, 3.05) is 11.4 Å². The molecule has 0 fully saturated rings. The summed E-state index contributed by atoms with van der Waals surface area (Å²) in [4.78, 5) is 13.9. The van der Waals surface area contributed by atoms with E-state index < -0.39 is 0 Å². The number of nitrogens with zero attached hydrogens (tertiary/aromatic N) is 1. The molecule has 90 valence electrons. The van der Waals surface area contributed by atoms with Crippen molar-refractivity contribution >= 4 is 17.2 Å². The van der Waals surface area contributed by atoms with E-state index in [9.17, 15) is 9.90 Å². The van der Waals surface area contributed by atoms with Crippen LogP contribution in [0.4, 0.5) is 5.69 Å². The van der Waals surface area contributed by atoms with Crippen LogP contribution in [0, 0.1) is 0 Å². The van der Waals surface area contributed by atoms with Crippen LogP contribution in [0.3, 0.4) is 0 Å². The second kappa shape index (κ2) is 4.62. The smallest absolute Gasteiger partial charge is 0.262 e. The molecule has 0 radical (unpaired) electrons. The molecule has 3 nitrogen and oxygen atoms in total. The molecule has 3 heteroatoms. The van der Waals surface area contributed by atoms with Gasteiger partial charge in [0.05, 0.1) is 11.3 Å². The molecule has 17 heavy (non-hydrogen) atoms. The van der Waals surface area contributed by atoms with Crippen LogP contribution < -0.4 is 4.90 Å². The fourth-order valence-corrected chi connectivity index (χ4v) is 2.23. The van der Waals surface area contributed by atoms with E-state index in [4.69, 9.17) is 0 Å². The van der Waals surface area contributed by atoms with Crippen LogP contribution in [0.15, 0.2) is 30.0 Å². The number of hydrogen-bond donors (Lipinski definition) is 1. The topological polar surface area (TPSA) is 40.5 Å². The Bertz CT molecular complexity index is 477. The van der Waals surface area contributed by atoms with Crippen LogP contribution in [0.5, 0.6) is 0 Å². The van der Waals surface area contributed by atoms with Gasteiger partial charge in [0.25, 0.3) is 5.91 Å². The monoisotopic (exact) mass is 231 g/mol. The SMILES string of the molecule is CCCC(O)=C1C(=O)N(CC)c2ccccc21. The van der Waals surface area contributed by atoms with Gasteiger partial charge in [-0.3, -0.25) is 4.79 Å². The number of carbonyl (C=O) groups is 1. The standard InChI is InChI=1S/C14H17NO2/c1-3-7-12(16)13-10-8-5-6-9-11(10)15(4-2)14(13)17/h5-6,8-9,16H,3-4,7H2,1-2H3. The van der Waals surface area contributed by atoms with Gasteiger partial charge in [-0.15, -0.1) is 0 Å². The number of benzene rings is 1. The average molecular weight is 231 g/mol. The highest BCUT2D eigenvalue weighted by molar-refractivity contribution is 6.32. The van der Waals surface area contributed by atoms with Gasteiger partial charge in [-0.25, -0.2) is 0 Å². The maximum Gasteiger partial charge on any atom is 0.262 e. The van der Waals surface area contributed by atoms with Crippen molar-refractivity contribution in [3.8, 4) is 0 Å². The van der Waals surface area contributed by atoms with Gasteiger partial charge in [-0.2, -0.15) is 0 Å². The van der Waals surface area contributed by atoms with Gasteiger partial charge in [0.1, 0.15) is 5.76 Å². The number of amides is 1. The molecular weight excluding hydrogens is 214 g/mol. The highest BCUT2D eigenvalue weighted by Crippen LogP contribution is 2.38. The number of carbonyl (C=O) groups excluding carboxylic acids is 1. The minimum absolute atomic E-state index is 0.0837. The Kier molecular flexibility index (Phi) is 3.18. The molecule has 0 atom stereocenters. The van der Waals surface area contributed by atoms with Crippen LogP contribution in [-0.4, -0.2) is 17.6 Å². The zero-order valence-electron chi connectivity index (χ0n) is 10.2. The quantitative estimate of drug-likeness (QED) is 0.641. The van der Waals surface area contributed by atoms with Crippen molar-refractivity contribution in [2.24, 2.45) is 0 Å². The molecule has 0 unspecified atom stereocenters. The van der Waals surface area contributed by atoms with Crippen LogP contribution in [0.2, 0.25) is 0 Å². The van der Waals surface area contributed by atoms with E-state index in [1.54, 1.807) is 4.90 Å². The molecule has 1 aliphatic rings. The number of fused-ring (bicyclic) bond motifs is 1. The molecule has 2 rings (SSSR count). The van der Waals surface area contributed by atoms with E-state index in [1.807, 2.05) is 38.1 Å². The predicted molar refractivity (Wildman–Crippen MR) is 68.9 cm³/mol. The number of aliphatic hydroxyl groups is 1. The number of hydrogen-bond acceptors (Lipinski definition) is 2. The fraction of sp³-hybridized carbons (Fsp3) is 0.357. The third kappa shape index (κ3) is 1.82. The Balaban J connectivity index is 2.57. The molecule has 1 N–H and O–H groups in total. The molecule has 0 aromatic heterocycles. The van der Waals surface area contributed by atoms with Crippen molar-refractivity contribution < 1.29 is 9.90 Å². The van der Waals surface area contributed by atoms with Gasteiger partial charge < -0.3 is 10.0 Å². The first-order valence-electron chi connectivity index (χ1n) is 6.04. The Hall–Kier alpha value is -1.77. The summed E-state index contributed by atoms with van der Waals surface area (Å²) in [7, 11) is 0. The van der Waals surface area contributed by atoms with E-state index in [0.717, 1.165) is 17.7 Å². The maximum atomic E-state index is 12.2. The minimum Gasteiger partial charge on any atom is -0.511 e. The van der Waals surface area contributed by atoms with Gasteiger partial charge in [0.15, 0.2) is 0 Å². The highest BCUT2D eigenvalue weighted by atomic mass is 16.3. The highest BCUT2D eigenvalue weighted by Gasteiger charge is 2.33. The van der Waals surface area contributed by atoms with Gasteiger partial charge >= 0.3 is 0 Å². The predicted octanol–water partition coefficient (Wildman–Crippen LogP) is 3.12. The Morgan fingerprint density at radius 2 is 2.00 bits per heavy atom. The zero-order chi connectivity index (χ0) is 12.4. The third-order valence-corrected chi connectivity index (χ3v) is 3.01. The fourth-order valence-electron chi connectivity index (χ4n) is 2.23. The molecule has 0 bridgehead atoms. The summed E-state index contributed by atoms with van der Waals surface area (Å²) in [6.07, 6.45) is 1.38. The molecule has 1 aliphatic heterocycles. The van der Waals surface area contributed by atoms with Crippen molar-refractivity contribution in [3.63, 3.8) is 0 Å². The second-order valence-corrected chi connectivity index (χ2v) is 4.14. The average Bonchev–Trinajstić information content (AvgIpc) is 2.61. The Morgan fingerprint density at radius 3 is 2.65 bits per heavy atom. The summed E-state index contributed by atoms with van der Waals surface area (Å²) in [6, 6.07) is 7.62. The number of likely N-dealkylation sites (N-methyl/N-ethyl adjacent to an activating group) is 1. The molecule has 0 saturated heterocycles. The lowest BCUT2D eigenvalue weighted by atomic mass is 10.0. The van der Waals surface area contributed by atoms with E-state index in [-0.39, 0.29) is 11.7 Å². The number of aliphatic hydroxyl groups excluding tert-OH is 1. The number of anilines is 1. The first-order valence-corrected chi connectivity index (χ1v) is 6.04. The van der Waals surface area contributed by atoms with Gasteiger partial charge in [-0.05, 0) is 19.4 Å². The summed E-state index contributed by atoms with van der Waals surface area (Å²) in [5.41, 5.74) is 2.23. The maximum absolute atomic E-state index is 12.2. The van der Waals surface area contributed by atoms with E-state index >= 15 is 0 Å². The Morgan fingerprint density at radius 1 is 1.29 bits per heavy atom.